The molecule has 0 N–H and O–H groups in total. The third kappa shape index (κ3) is 4.35. The highest BCUT2D eigenvalue weighted by atomic mass is 35.5. The molecule has 1 atom stereocenters. The van der Waals surface area contributed by atoms with E-state index in [0.717, 1.165) is 25.7 Å². The van der Waals surface area contributed by atoms with E-state index in [4.69, 9.17) is 27.0 Å². The summed E-state index contributed by atoms with van der Waals surface area (Å²) in [5.41, 5.74) is 0. The Balaban J connectivity index is 3.95. The van der Waals surface area contributed by atoms with Crippen LogP contribution in [0.3, 0.4) is 0 Å². The second-order valence-corrected chi connectivity index (χ2v) is 4.48. The van der Waals surface area contributed by atoms with Crippen molar-refractivity contribution in [3.05, 3.63) is 0 Å². The Hall–Kier alpha value is 1.07. The van der Waals surface area contributed by atoms with E-state index in [-0.39, 0.29) is 5.92 Å². The lowest BCUT2D eigenvalue weighted by Crippen LogP contribution is -2.27. The molecule has 2 radical (unpaired) electrons. The fourth-order valence-electron chi connectivity index (χ4n) is 1.16. The molecule has 0 rings (SSSR count). The van der Waals surface area contributed by atoms with Crippen molar-refractivity contribution in [3.63, 3.8) is 0 Å². The van der Waals surface area contributed by atoms with Crippen molar-refractivity contribution in [2.75, 3.05) is 0 Å². The highest BCUT2D eigenvalue weighted by Crippen LogP contribution is 2.36. The number of alkyl halides is 2. The van der Waals surface area contributed by atoms with Crippen molar-refractivity contribution in [2.45, 2.75) is 44.1 Å². The van der Waals surface area contributed by atoms with Crippen molar-refractivity contribution in [3.8, 4) is 0 Å². The molecule has 0 aliphatic carbocycles. The number of unbranched alkanes of at least 4 members (excludes halogenated alkanes) is 1. The van der Waals surface area contributed by atoms with Crippen LogP contribution in [0, 0.1) is 5.92 Å². The van der Waals surface area contributed by atoms with Crippen molar-refractivity contribution < 1.29 is 3.79 Å². The molecule has 1 nitrogen and oxygen atoms in total. The molecule has 0 spiro atoms. The Bertz CT molecular complexity index is 120. The number of halogens is 2. The standard InChI is InChI=1S/C8H15Cl2O.Al/c1-3-5-6-7(4-2)8(9,10)11;/h7H,3-6H2,1-2H3;/q-1;+1. The van der Waals surface area contributed by atoms with E-state index in [0.29, 0.717) is 0 Å². The molecule has 0 aromatic rings. The summed E-state index contributed by atoms with van der Waals surface area (Å²) in [4.78, 5) is 0. The van der Waals surface area contributed by atoms with E-state index in [1.807, 2.05) is 0 Å². The molecule has 0 aliphatic rings. The van der Waals surface area contributed by atoms with Gasteiger partial charge in [0.1, 0.15) is 0 Å². The van der Waals surface area contributed by atoms with Gasteiger partial charge in [-0.1, -0.05) is 49.9 Å². The van der Waals surface area contributed by atoms with Crippen LogP contribution in [0.25, 0.3) is 0 Å². The average Bonchev–Trinajstić information content (AvgIpc) is 2.05. The Morgan fingerprint density at radius 3 is 2.33 bits per heavy atom. The molecule has 0 aromatic heterocycles. The average molecular weight is 225 g/mol. The third-order valence-corrected chi connectivity index (χ3v) is 3.50. The maximum atomic E-state index is 5.94. The monoisotopic (exact) mass is 224 g/mol. The van der Waals surface area contributed by atoms with E-state index in [9.17, 15) is 0 Å². The predicted octanol–water partition coefficient (Wildman–Crippen LogP) is 3.43. The van der Waals surface area contributed by atoms with Gasteiger partial charge in [-0.3, -0.25) is 0 Å². The Kier molecular flexibility index (Phi) is 7.10. The van der Waals surface area contributed by atoms with E-state index in [1.54, 1.807) is 0 Å². The van der Waals surface area contributed by atoms with Crippen molar-refractivity contribution in [2.24, 2.45) is 5.92 Å². The minimum atomic E-state index is -1.03. The van der Waals surface area contributed by atoms with Gasteiger partial charge in [0.25, 0.3) is 0 Å². The molecule has 0 aliphatic heterocycles. The van der Waals surface area contributed by atoms with Crippen LogP contribution in [-0.2, 0) is 3.79 Å². The lowest BCUT2D eigenvalue weighted by Gasteiger charge is -2.29. The summed E-state index contributed by atoms with van der Waals surface area (Å²) in [7, 11) is 0. The lowest BCUT2D eigenvalue weighted by molar-refractivity contribution is 0.171. The van der Waals surface area contributed by atoms with Crippen LogP contribution in [0.1, 0.15) is 39.5 Å². The third-order valence-electron chi connectivity index (χ3n) is 2.03. The summed E-state index contributed by atoms with van der Waals surface area (Å²) in [5.74, 6) is 0.221. The zero-order chi connectivity index (χ0) is 9.61. The zero-order valence-corrected chi connectivity index (χ0v) is 10.3. The van der Waals surface area contributed by atoms with Gasteiger partial charge < -0.3 is 3.79 Å². The zero-order valence-electron chi connectivity index (χ0n) is 7.65. The molecule has 0 saturated heterocycles. The minimum Gasteiger partial charge on any atom is -0.490 e. The Morgan fingerprint density at radius 2 is 2.00 bits per heavy atom. The van der Waals surface area contributed by atoms with E-state index in [2.05, 4.69) is 30.5 Å². The fourth-order valence-corrected chi connectivity index (χ4v) is 1.88. The van der Waals surface area contributed by atoms with E-state index < -0.39 is 4.52 Å². The van der Waals surface area contributed by atoms with Crippen LogP contribution in [0.5, 0.6) is 0 Å². The van der Waals surface area contributed by atoms with Crippen LogP contribution >= 0.6 is 23.2 Å². The summed E-state index contributed by atoms with van der Waals surface area (Å²) in [6.45, 7) is 4.22. The largest absolute Gasteiger partial charge is 0.490 e. The second-order valence-electron chi connectivity index (χ2n) is 2.93. The molecular formula is C8H15AlCl2O. The van der Waals surface area contributed by atoms with Crippen LogP contribution in [0.4, 0.5) is 0 Å². The Morgan fingerprint density at radius 1 is 1.42 bits per heavy atom. The van der Waals surface area contributed by atoms with Gasteiger partial charge in [0.2, 0.25) is 0 Å². The molecule has 0 amide bonds. The molecular weight excluding hydrogens is 210 g/mol. The molecule has 4 heteroatoms. The van der Waals surface area contributed by atoms with Gasteiger partial charge in [-0.15, -0.1) is 0 Å². The van der Waals surface area contributed by atoms with Crippen molar-refractivity contribution >= 4 is 39.8 Å². The first-order valence-corrected chi connectivity index (χ1v) is 5.56. The van der Waals surface area contributed by atoms with E-state index >= 15 is 0 Å². The quantitative estimate of drug-likeness (QED) is 0.497. The van der Waals surface area contributed by atoms with Gasteiger partial charge in [0.05, 0.1) is 0 Å². The first kappa shape index (κ1) is 13.1. The molecule has 0 bridgehead atoms. The van der Waals surface area contributed by atoms with Gasteiger partial charge in [-0.2, -0.15) is 0 Å². The lowest BCUT2D eigenvalue weighted by atomic mass is 10.00. The number of hydrogen-bond donors (Lipinski definition) is 0. The SMILES string of the molecule is CCCCC(CC)C(Cl)(Cl)[O][Al]. The fraction of sp³-hybridized carbons (Fsp3) is 1.00. The molecule has 0 heterocycles. The summed E-state index contributed by atoms with van der Waals surface area (Å²) in [5, 5.41) is 0. The van der Waals surface area contributed by atoms with E-state index in [1.165, 1.54) is 0 Å². The van der Waals surface area contributed by atoms with Crippen LogP contribution < -0.4 is 0 Å². The summed E-state index contributed by atoms with van der Waals surface area (Å²) in [6.07, 6.45) is 4.28. The number of rotatable bonds is 6. The molecule has 70 valence electrons. The molecule has 0 fully saturated rings. The second kappa shape index (κ2) is 6.52. The van der Waals surface area contributed by atoms with Crippen LogP contribution in [0.2, 0.25) is 0 Å². The number of hydrogen-bond acceptors (Lipinski definition) is 1. The van der Waals surface area contributed by atoms with Gasteiger partial charge in [-0.05, 0) is 12.8 Å². The topological polar surface area (TPSA) is 9.23 Å². The first-order chi connectivity index (χ1) is 5.58. The van der Waals surface area contributed by atoms with Crippen molar-refractivity contribution in [1.82, 2.24) is 0 Å². The molecule has 0 aromatic carbocycles. The van der Waals surface area contributed by atoms with Gasteiger partial charge in [0, 0.05) is 5.92 Å². The van der Waals surface area contributed by atoms with Crippen LogP contribution in [-0.4, -0.2) is 21.1 Å². The smallest absolute Gasteiger partial charge is 0.374 e. The molecule has 0 saturated carbocycles. The maximum Gasteiger partial charge on any atom is 0.374 e. The minimum absolute atomic E-state index is 0.221. The molecule has 1 unspecified atom stereocenters. The van der Waals surface area contributed by atoms with Crippen LogP contribution in [0.15, 0.2) is 0 Å². The highest BCUT2D eigenvalue weighted by Gasteiger charge is 2.31. The summed E-state index contributed by atoms with van der Waals surface area (Å²) < 4.78 is 3.90. The maximum absolute atomic E-state index is 5.94. The van der Waals surface area contributed by atoms with Crippen molar-refractivity contribution in [1.29, 1.82) is 0 Å². The predicted molar refractivity (Wildman–Crippen MR) is 54.6 cm³/mol. The van der Waals surface area contributed by atoms with Gasteiger partial charge in [-0.25, -0.2) is 0 Å². The summed E-state index contributed by atoms with van der Waals surface area (Å²) in [6, 6.07) is 0. The van der Waals surface area contributed by atoms with Gasteiger partial charge in [0.15, 0.2) is 4.52 Å². The summed E-state index contributed by atoms with van der Waals surface area (Å²) >= 11 is 14.0. The Labute approximate surface area is 93.5 Å². The van der Waals surface area contributed by atoms with Gasteiger partial charge >= 0.3 is 16.6 Å². The normalized spacial score (nSPS) is 14.7. The molecule has 12 heavy (non-hydrogen) atoms. The first-order valence-electron chi connectivity index (χ1n) is 4.34. The highest BCUT2D eigenvalue weighted by molar-refractivity contribution is 6.48.